The number of rotatable bonds is 5. The molecular formula is C18H19N3O3S. The van der Waals surface area contributed by atoms with Crippen molar-refractivity contribution in [2.45, 2.75) is 18.7 Å². The van der Waals surface area contributed by atoms with Gasteiger partial charge in [0.2, 0.25) is 5.91 Å². The van der Waals surface area contributed by atoms with E-state index in [1.807, 2.05) is 53.1 Å². The number of amides is 1. The van der Waals surface area contributed by atoms with Crippen molar-refractivity contribution in [3.8, 4) is 5.69 Å². The summed E-state index contributed by atoms with van der Waals surface area (Å²) in [6.45, 7) is 1.67. The van der Waals surface area contributed by atoms with E-state index < -0.39 is 21.0 Å². The number of benzene rings is 2. The quantitative estimate of drug-likeness (QED) is 0.758. The van der Waals surface area contributed by atoms with Crippen LogP contribution >= 0.6 is 0 Å². The standard InChI is InChI=1S/C18H19N3O3S/c1-13(25(2,23)24)18(22)19-11-14-7-9-15(10-8-14)21-12-20-16-5-3-4-6-17(16)21/h3-10,12-13H,11H2,1-2H3,(H,19,22). The van der Waals surface area contributed by atoms with E-state index in [2.05, 4.69) is 10.3 Å². The lowest BCUT2D eigenvalue weighted by atomic mass is 10.2. The van der Waals surface area contributed by atoms with E-state index in [4.69, 9.17) is 0 Å². The summed E-state index contributed by atoms with van der Waals surface area (Å²) in [5, 5.41) is 1.60. The topological polar surface area (TPSA) is 81.1 Å². The molecule has 1 aromatic heterocycles. The molecule has 0 aliphatic carbocycles. The van der Waals surface area contributed by atoms with Crippen LogP contribution in [0.25, 0.3) is 16.7 Å². The molecule has 3 aromatic rings. The fraction of sp³-hybridized carbons (Fsp3) is 0.222. The van der Waals surface area contributed by atoms with E-state index in [1.165, 1.54) is 6.92 Å². The lowest BCUT2D eigenvalue weighted by molar-refractivity contribution is -0.120. The highest BCUT2D eigenvalue weighted by Crippen LogP contribution is 2.18. The summed E-state index contributed by atoms with van der Waals surface area (Å²) in [7, 11) is -3.39. The Balaban J connectivity index is 1.72. The van der Waals surface area contributed by atoms with Gasteiger partial charge in [0, 0.05) is 18.5 Å². The predicted molar refractivity (Wildman–Crippen MR) is 97.2 cm³/mol. The second-order valence-electron chi connectivity index (χ2n) is 5.96. The van der Waals surface area contributed by atoms with Crippen molar-refractivity contribution in [2.75, 3.05) is 6.26 Å². The Morgan fingerprint density at radius 1 is 1.16 bits per heavy atom. The molecule has 1 amide bonds. The van der Waals surface area contributed by atoms with Crippen LogP contribution in [-0.4, -0.2) is 35.4 Å². The van der Waals surface area contributed by atoms with Gasteiger partial charge >= 0.3 is 0 Å². The van der Waals surface area contributed by atoms with Crippen molar-refractivity contribution < 1.29 is 13.2 Å². The van der Waals surface area contributed by atoms with Gasteiger partial charge in [0.15, 0.2) is 9.84 Å². The van der Waals surface area contributed by atoms with E-state index in [1.54, 1.807) is 6.33 Å². The molecule has 6 nitrogen and oxygen atoms in total. The van der Waals surface area contributed by atoms with Crippen LogP contribution in [-0.2, 0) is 21.2 Å². The van der Waals surface area contributed by atoms with Gasteiger partial charge in [-0.1, -0.05) is 24.3 Å². The number of carbonyl (C=O) groups excluding carboxylic acids is 1. The number of nitrogens with one attached hydrogen (secondary N) is 1. The zero-order valence-corrected chi connectivity index (χ0v) is 14.8. The maximum absolute atomic E-state index is 11.9. The Morgan fingerprint density at radius 3 is 2.52 bits per heavy atom. The molecule has 7 heteroatoms. The maximum atomic E-state index is 11.9. The summed E-state index contributed by atoms with van der Waals surface area (Å²) >= 11 is 0. The third-order valence-corrected chi connectivity index (χ3v) is 5.64. The summed E-state index contributed by atoms with van der Waals surface area (Å²) < 4.78 is 24.8. The fourth-order valence-electron chi connectivity index (χ4n) is 2.47. The minimum Gasteiger partial charge on any atom is -0.351 e. The molecule has 0 spiro atoms. The number of nitrogens with zero attached hydrogens (tertiary/aromatic N) is 2. The number of hydrogen-bond donors (Lipinski definition) is 1. The van der Waals surface area contributed by atoms with Gasteiger partial charge in [0.1, 0.15) is 11.6 Å². The van der Waals surface area contributed by atoms with Gasteiger partial charge < -0.3 is 5.32 Å². The zero-order valence-electron chi connectivity index (χ0n) is 14.0. The Kier molecular flexibility index (Phi) is 4.59. The summed E-state index contributed by atoms with van der Waals surface area (Å²) in [4.78, 5) is 16.2. The molecule has 2 aromatic carbocycles. The number of fused-ring (bicyclic) bond motifs is 1. The molecule has 1 N–H and O–H groups in total. The van der Waals surface area contributed by atoms with E-state index in [0.717, 1.165) is 28.5 Å². The lowest BCUT2D eigenvalue weighted by Gasteiger charge is -2.11. The van der Waals surface area contributed by atoms with Crippen LogP contribution in [0.4, 0.5) is 0 Å². The van der Waals surface area contributed by atoms with Crippen molar-refractivity contribution >= 4 is 26.8 Å². The third-order valence-electron chi connectivity index (χ3n) is 4.15. The Labute approximate surface area is 146 Å². The van der Waals surface area contributed by atoms with Gasteiger partial charge in [-0.2, -0.15) is 0 Å². The first kappa shape index (κ1) is 17.2. The monoisotopic (exact) mass is 357 g/mol. The Hall–Kier alpha value is -2.67. The normalized spacial score (nSPS) is 12.9. The van der Waals surface area contributed by atoms with Gasteiger partial charge in [-0.05, 0) is 36.8 Å². The molecule has 3 rings (SSSR count). The van der Waals surface area contributed by atoms with E-state index in [0.29, 0.717) is 0 Å². The molecule has 130 valence electrons. The number of sulfone groups is 1. The van der Waals surface area contributed by atoms with Crippen LogP contribution in [0.15, 0.2) is 54.9 Å². The average Bonchev–Trinajstić information content (AvgIpc) is 3.03. The molecule has 0 saturated heterocycles. The highest BCUT2D eigenvalue weighted by Gasteiger charge is 2.22. The summed E-state index contributed by atoms with van der Waals surface area (Å²) in [5.41, 5.74) is 3.80. The summed E-state index contributed by atoms with van der Waals surface area (Å²) in [6.07, 6.45) is 2.83. The molecule has 0 aliphatic rings. The van der Waals surface area contributed by atoms with Crippen molar-refractivity contribution in [3.05, 3.63) is 60.4 Å². The van der Waals surface area contributed by atoms with Crippen molar-refractivity contribution in [3.63, 3.8) is 0 Å². The Bertz CT molecular complexity index is 1010. The highest BCUT2D eigenvalue weighted by atomic mass is 32.2. The van der Waals surface area contributed by atoms with Crippen LogP contribution in [0.5, 0.6) is 0 Å². The van der Waals surface area contributed by atoms with Crippen LogP contribution in [0.1, 0.15) is 12.5 Å². The van der Waals surface area contributed by atoms with Crippen molar-refractivity contribution in [2.24, 2.45) is 0 Å². The first-order valence-corrected chi connectivity index (χ1v) is 9.80. The molecule has 1 atom stereocenters. The molecule has 0 aliphatic heterocycles. The predicted octanol–water partition coefficient (Wildman–Crippen LogP) is 2.07. The largest absolute Gasteiger partial charge is 0.351 e. The number of imidazole rings is 1. The molecule has 25 heavy (non-hydrogen) atoms. The van der Waals surface area contributed by atoms with Crippen LogP contribution in [0.3, 0.4) is 0 Å². The van der Waals surface area contributed by atoms with Crippen LogP contribution in [0.2, 0.25) is 0 Å². The molecule has 0 saturated carbocycles. The van der Waals surface area contributed by atoms with Crippen molar-refractivity contribution in [1.82, 2.24) is 14.9 Å². The van der Waals surface area contributed by atoms with E-state index in [9.17, 15) is 13.2 Å². The second-order valence-corrected chi connectivity index (χ2v) is 8.33. The van der Waals surface area contributed by atoms with Crippen molar-refractivity contribution in [1.29, 1.82) is 0 Å². The average molecular weight is 357 g/mol. The molecule has 0 radical (unpaired) electrons. The van der Waals surface area contributed by atoms with Gasteiger partial charge in [0.05, 0.1) is 11.0 Å². The molecular weight excluding hydrogens is 338 g/mol. The van der Waals surface area contributed by atoms with E-state index in [-0.39, 0.29) is 6.54 Å². The number of aromatic nitrogens is 2. The minimum atomic E-state index is -3.39. The van der Waals surface area contributed by atoms with Gasteiger partial charge in [0.25, 0.3) is 0 Å². The highest BCUT2D eigenvalue weighted by molar-refractivity contribution is 7.92. The number of carbonyl (C=O) groups is 1. The molecule has 1 unspecified atom stereocenters. The van der Waals surface area contributed by atoms with E-state index >= 15 is 0 Å². The maximum Gasteiger partial charge on any atom is 0.238 e. The van der Waals surface area contributed by atoms with Crippen LogP contribution in [0, 0.1) is 0 Å². The SMILES string of the molecule is CC(C(=O)NCc1ccc(-n2cnc3ccccc32)cc1)S(C)(=O)=O. The summed E-state index contributed by atoms with van der Waals surface area (Å²) in [5.74, 6) is -0.493. The Morgan fingerprint density at radius 2 is 1.84 bits per heavy atom. The molecule has 1 heterocycles. The zero-order chi connectivity index (χ0) is 18.0. The first-order valence-electron chi connectivity index (χ1n) is 7.84. The molecule has 0 bridgehead atoms. The minimum absolute atomic E-state index is 0.281. The first-order chi connectivity index (χ1) is 11.9. The number of para-hydroxylation sites is 2. The summed E-state index contributed by atoms with van der Waals surface area (Å²) in [6, 6.07) is 15.5. The third kappa shape index (κ3) is 3.71. The van der Waals surface area contributed by atoms with Gasteiger partial charge in [-0.25, -0.2) is 13.4 Å². The second kappa shape index (κ2) is 6.68. The lowest BCUT2D eigenvalue weighted by Crippen LogP contribution is -2.36. The smallest absolute Gasteiger partial charge is 0.238 e. The van der Waals surface area contributed by atoms with Gasteiger partial charge in [-0.15, -0.1) is 0 Å². The van der Waals surface area contributed by atoms with Crippen LogP contribution < -0.4 is 5.32 Å². The van der Waals surface area contributed by atoms with Gasteiger partial charge in [-0.3, -0.25) is 9.36 Å². The fourth-order valence-corrected chi connectivity index (χ4v) is 2.94. The molecule has 0 fully saturated rings. The number of hydrogen-bond acceptors (Lipinski definition) is 4.